The van der Waals surface area contributed by atoms with Gasteiger partial charge in [0.1, 0.15) is 12.3 Å². The molecule has 0 radical (unpaired) electrons. The van der Waals surface area contributed by atoms with E-state index in [1.165, 1.54) is 11.1 Å². The number of benzene rings is 2. The summed E-state index contributed by atoms with van der Waals surface area (Å²) in [6.45, 7) is 0.585. The first-order valence-corrected chi connectivity index (χ1v) is 6.65. The van der Waals surface area contributed by atoms with Crippen molar-refractivity contribution in [2.45, 2.75) is 18.9 Å². The highest BCUT2D eigenvalue weighted by atomic mass is 16.3. The average Bonchev–Trinajstić information content (AvgIpc) is 2.46. The first-order valence-electron chi connectivity index (χ1n) is 6.65. The second-order valence-corrected chi connectivity index (χ2v) is 4.65. The van der Waals surface area contributed by atoms with Crippen LogP contribution in [0.25, 0.3) is 0 Å². The Hall–Kier alpha value is -1.93. The van der Waals surface area contributed by atoms with Gasteiger partial charge in [0.2, 0.25) is 0 Å². The maximum Gasteiger partial charge on any atom is 0.166 e. The molecule has 1 unspecified atom stereocenters. The molecule has 2 aromatic carbocycles. The molecule has 0 aliphatic heterocycles. The van der Waals surface area contributed by atoms with Crippen LogP contribution in [-0.4, -0.2) is 24.0 Å². The smallest absolute Gasteiger partial charge is 0.166 e. The Labute approximate surface area is 114 Å². The van der Waals surface area contributed by atoms with E-state index >= 15 is 0 Å². The molecule has 0 saturated heterocycles. The molecule has 0 aliphatic carbocycles. The number of hydrogen-bond donors (Lipinski definition) is 2. The summed E-state index contributed by atoms with van der Waals surface area (Å²) < 4.78 is 0. The molecule has 2 aromatic rings. The van der Waals surface area contributed by atoms with E-state index in [-0.39, 0.29) is 6.10 Å². The quantitative estimate of drug-likeness (QED) is 0.741. The van der Waals surface area contributed by atoms with Crippen molar-refractivity contribution in [2.75, 3.05) is 6.54 Å². The largest absolute Gasteiger partial charge is 0.386 e. The van der Waals surface area contributed by atoms with Crippen LogP contribution in [0, 0.1) is 0 Å². The fourth-order valence-corrected chi connectivity index (χ4v) is 1.98. The zero-order valence-corrected chi connectivity index (χ0v) is 11.0. The van der Waals surface area contributed by atoms with Crippen molar-refractivity contribution in [3.05, 3.63) is 71.8 Å². The third-order valence-electron chi connectivity index (χ3n) is 2.99. The van der Waals surface area contributed by atoms with Gasteiger partial charge in [0, 0.05) is 12.8 Å². The Balaban J connectivity index is 1.73. The minimum Gasteiger partial charge on any atom is -0.386 e. The molecule has 0 bridgehead atoms. The highest BCUT2D eigenvalue weighted by Crippen LogP contribution is 2.01. The fraction of sp³-hybridized carbons (Fsp3) is 0.235. The fourth-order valence-electron chi connectivity index (χ4n) is 1.98. The van der Waals surface area contributed by atoms with E-state index in [4.69, 9.17) is 0 Å². The van der Waals surface area contributed by atoms with Gasteiger partial charge in [-0.1, -0.05) is 60.7 Å². The van der Waals surface area contributed by atoms with Crippen LogP contribution in [0.15, 0.2) is 60.7 Å². The highest BCUT2D eigenvalue weighted by Gasteiger charge is 2.06. The zero-order chi connectivity index (χ0) is 13.3. The Morgan fingerprint density at radius 2 is 1.47 bits per heavy atom. The number of rotatable bonds is 6. The lowest BCUT2D eigenvalue weighted by molar-refractivity contribution is -0.464. The van der Waals surface area contributed by atoms with Gasteiger partial charge in [-0.25, -0.2) is 4.99 Å². The molecule has 0 amide bonds. The molecule has 1 atom stereocenters. The van der Waals surface area contributed by atoms with Crippen molar-refractivity contribution in [3.63, 3.8) is 0 Å². The summed E-state index contributed by atoms with van der Waals surface area (Å²) in [5, 5.41) is 9.92. The van der Waals surface area contributed by atoms with Gasteiger partial charge < -0.3 is 5.11 Å². The van der Waals surface area contributed by atoms with Crippen molar-refractivity contribution in [2.24, 2.45) is 0 Å². The molecule has 2 nitrogen and oxygen atoms in total. The van der Waals surface area contributed by atoms with Gasteiger partial charge in [-0.3, -0.25) is 0 Å². The second kappa shape index (κ2) is 7.49. The van der Waals surface area contributed by atoms with Crippen molar-refractivity contribution < 1.29 is 10.1 Å². The van der Waals surface area contributed by atoms with E-state index in [9.17, 15) is 5.11 Å². The lowest BCUT2D eigenvalue weighted by atomic mass is 10.1. The SMILES string of the molecule is OC(C[NH+]=CCc1ccccc1)Cc1ccccc1. The summed E-state index contributed by atoms with van der Waals surface area (Å²) in [4.78, 5) is 3.18. The Kier molecular flexibility index (Phi) is 5.32. The van der Waals surface area contributed by atoms with Crippen LogP contribution < -0.4 is 4.99 Å². The topological polar surface area (TPSA) is 34.2 Å². The summed E-state index contributed by atoms with van der Waals surface area (Å²) in [5.41, 5.74) is 2.44. The molecule has 0 heterocycles. The van der Waals surface area contributed by atoms with Crippen LogP contribution >= 0.6 is 0 Å². The lowest BCUT2D eigenvalue weighted by Crippen LogP contribution is -2.72. The first kappa shape index (κ1) is 13.5. The minimum atomic E-state index is -0.352. The summed E-state index contributed by atoms with van der Waals surface area (Å²) in [5.74, 6) is 0. The van der Waals surface area contributed by atoms with Crippen LogP contribution in [0.4, 0.5) is 0 Å². The van der Waals surface area contributed by atoms with Gasteiger partial charge >= 0.3 is 0 Å². The van der Waals surface area contributed by atoms with E-state index in [0.717, 1.165) is 6.42 Å². The molecule has 2 rings (SSSR count). The lowest BCUT2D eigenvalue weighted by Gasteiger charge is -2.04. The number of aliphatic hydroxyl groups excluding tert-OH is 1. The Morgan fingerprint density at radius 3 is 2.11 bits per heavy atom. The average molecular weight is 254 g/mol. The van der Waals surface area contributed by atoms with E-state index < -0.39 is 0 Å². The zero-order valence-electron chi connectivity index (χ0n) is 11.0. The molecule has 0 fully saturated rings. The first-order chi connectivity index (χ1) is 9.34. The number of nitrogens with one attached hydrogen (secondary N) is 1. The highest BCUT2D eigenvalue weighted by molar-refractivity contribution is 5.55. The number of aliphatic hydroxyl groups is 1. The molecule has 2 N–H and O–H groups in total. The maximum absolute atomic E-state index is 9.92. The van der Waals surface area contributed by atoms with E-state index in [1.807, 2.05) is 54.7 Å². The molecule has 0 aromatic heterocycles. The Morgan fingerprint density at radius 1 is 0.895 bits per heavy atom. The molecule has 98 valence electrons. The van der Waals surface area contributed by atoms with E-state index in [0.29, 0.717) is 13.0 Å². The normalized spacial score (nSPS) is 12.7. The molecule has 0 aliphatic rings. The molecule has 2 heteroatoms. The molecule has 0 saturated carbocycles. The van der Waals surface area contributed by atoms with E-state index in [2.05, 4.69) is 17.1 Å². The predicted molar refractivity (Wildman–Crippen MR) is 78.2 cm³/mol. The van der Waals surface area contributed by atoms with E-state index in [1.54, 1.807) is 0 Å². The molecule has 0 spiro atoms. The van der Waals surface area contributed by atoms with Crippen LogP contribution in [0.5, 0.6) is 0 Å². The van der Waals surface area contributed by atoms with Gasteiger partial charge in [0.25, 0.3) is 0 Å². The second-order valence-electron chi connectivity index (χ2n) is 4.65. The van der Waals surface area contributed by atoms with Gasteiger partial charge in [0.05, 0.1) is 0 Å². The summed E-state index contributed by atoms with van der Waals surface area (Å²) in [7, 11) is 0. The van der Waals surface area contributed by atoms with Crippen LogP contribution in [0.3, 0.4) is 0 Å². The minimum absolute atomic E-state index is 0.352. The molecule has 19 heavy (non-hydrogen) atoms. The van der Waals surface area contributed by atoms with Crippen molar-refractivity contribution in [1.29, 1.82) is 0 Å². The Bertz CT molecular complexity index is 493. The summed E-state index contributed by atoms with van der Waals surface area (Å²) in [6, 6.07) is 20.3. The number of hydrogen-bond acceptors (Lipinski definition) is 1. The van der Waals surface area contributed by atoms with Gasteiger partial charge in [-0.15, -0.1) is 0 Å². The molecular formula is C17H20NO+. The van der Waals surface area contributed by atoms with Crippen LogP contribution in [0.1, 0.15) is 11.1 Å². The monoisotopic (exact) mass is 254 g/mol. The van der Waals surface area contributed by atoms with Crippen molar-refractivity contribution in [1.82, 2.24) is 0 Å². The van der Waals surface area contributed by atoms with Gasteiger partial charge in [0.15, 0.2) is 6.54 Å². The van der Waals surface area contributed by atoms with Crippen LogP contribution in [0.2, 0.25) is 0 Å². The molecular weight excluding hydrogens is 234 g/mol. The van der Waals surface area contributed by atoms with Crippen molar-refractivity contribution >= 4 is 6.21 Å². The van der Waals surface area contributed by atoms with Gasteiger partial charge in [-0.05, 0) is 11.1 Å². The van der Waals surface area contributed by atoms with Crippen LogP contribution in [-0.2, 0) is 12.8 Å². The summed E-state index contributed by atoms with van der Waals surface area (Å²) in [6.07, 6.45) is 3.21. The third-order valence-corrected chi connectivity index (χ3v) is 2.99. The predicted octanol–water partition coefficient (Wildman–Crippen LogP) is 0.984. The maximum atomic E-state index is 9.92. The van der Waals surface area contributed by atoms with Gasteiger partial charge in [-0.2, -0.15) is 0 Å². The standard InChI is InChI=1S/C17H19NO/c19-17(13-16-9-5-2-6-10-16)14-18-12-11-15-7-3-1-4-8-15/h1-10,12,17,19H,11,13-14H2/p+1. The third kappa shape index (κ3) is 5.06. The van der Waals surface area contributed by atoms with Crippen molar-refractivity contribution in [3.8, 4) is 0 Å². The summed E-state index contributed by atoms with van der Waals surface area (Å²) >= 11 is 0.